The SMILES string of the molecule is CNC1(c2cccc(-c3cccc(C)c3)c2)CC1.Cl. The van der Waals surface area contributed by atoms with Crippen molar-refractivity contribution in [2.75, 3.05) is 7.05 Å². The van der Waals surface area contributed by atoms with Crippen LogP contribution in [0.25, 0.3) is 11.1 Å². The van der Waals surface area contributed by atoms with Crippen molar-refractivity contribution >= 4 is 12.4 Å². The second-order valence-electron chi connectivity index (χ2n) is 5.28. The fourth-order valence-electron chi connectivity index (χ4n) is 2.63. The van der Waals surface area contributed by atoms with E-state index in [1.807, 2.05) is 0 Å². The maximum absolute atomic E-state index is 3.46. The van der Waals surface area contributed by atoms with Crippen LogP contribution in [0.2, 0.25) is 0 Å². The topological polar surface area (TPSA) is 12.0 Å². The van der Waals surface area contributed by atoms with Gasteiger partial charge in [-0.2, -0.15) is 0 Å². The lowest BCUT2D eigenvalue weighted by Crippen LogP contribution is -2.24. The Hall–Kier alpha value is -1.31. The third-order valence-corrected chi connectivity index (χ3v) is 4.00. The van der Waals surface area contributed by atoms with Gasteiger partial charge in [0.15, 0.2) is 0 Å². The lowest BCUT2D eigenvalue weighted by atomic mass is 9.97. The Labute approximate surface area is 121 Å². The largest absolute Gasteiger partial charge is 0.310 e. The van der Waals surface area contributed by atoms with Gasteiger partial charge in [0, 0.05) is 5.54 Å². The smallest absolute Gasteiger partial charge is 0.0434 e. The maximum atomic E-state index is 3.46. The van der Waals surface area contributed by atoms with Crippen molar-refractivity contribution < 1.29 is 0 Å². The first kappa shape index (κ1) is 14.1. The van der Waals surface area contributed by atoms with E-state index in [9.17, 15) is 0 Å². The minimum atomic E-state index is 0. The van der Waals surface area contributed by atoms with E-state index in [2.05, 4.69) is 67.8 Å². The van der Waals surface area contributed by atoms with Crippen LogP contribution in [0.1, 0.15) is 24.0 Å². The molecule has 0 unspecified atom stereocenters. The van der Waals surface area contributed by atoms with E-state index in [1.54, 1.807) is 0 Å². The lowest BCUT2D eigenvalue weighted by molar-refractivity contribution is 0.586. The summed E-state index contributed by atoms with van der Waals surface area (Å²) < 4.78 is 0. The Morgan fingerprint density at radius 1 is 0.947 bits per heavy atom. The summed E-state index contributed by atoms with van der Waals surface area (Å²) >= 11 is 0. The van der Waals surface area contributed by atoms with Gasteiger partial charge in [-0.3, -0.25) is 0 Å². The van der Waals surface area contributed by atoms with Gasteiger partial charge < -0.3 is 5.32 Å². The van der Waals surface area contributed by atoms with E-state index >= 15 is 0 Å². The van der Waals surface area contributed by atoms with E-state index in [0.717, 1.165) is 0 Å². The molecule has 1 nitrogen and oxygen atoms in total. The number of benzene rings is 2. The predicted octanol–water partition coefficient (Wildman–Crippen LogP) is 4.29. The summed E-state index contributed by atoms with van der Waals surface area (Å²) in [6, 6.07) is 17.6. The molecule has 3 rings (SSSR count). The molecule has 1 N–H and O–H groups in total. The van der Waals surface area contributed by atoms with Gasteiger partial charge in [0.2, 0.25) is 0 Å². The first-order valence-corrected chi connectivity index (χ1v) is 6.60. The third kappa shape index (κ3) is 2.68. The molecule has 0 spiro atoms. The summed E-state index contributed by atoms with van der Waals surface area (Å²) in [5.74, 6) is 0. The van der Waals surface area contributed by atoms with Gasteiger partial charge in [0.25, 0.3) is 0 Å². The van der Waals surface area contributed by atoms with E-state index in [0.29, 0.717) is 0 Å². The molecule has 2 aromatic carbocycles. The molecular weight excluding hydrogens is 254 g/mol. The molecule has 1 aliphatic carbocycles. The average molecular weight is 274 g/mol. The first-order chi connectivity index (χ1) is 8.73. The molecule has 0 aromatic heterocycles. The minimum absolute atomic E-state index is 0. The molecule has 19 heavy (non-hydrogen) atoms. The Morgan fingerprint density at radius 2 is 1.58 bits per heavy atom. The van der Waals surface area contributed by atoms with Crippen molar-refractivity contribution in [3.05, 3.63) is 59.7 Å². The normalized spacial score (nSPS) is 15.7. The summed E-state index contributed by atoms with van der Waals surface area (Å²) in [7, 11) is 2.06. The number of hydrogen-bond acceptors (Lipinski definition) is 1. The van der Waals surface area contributed by atoms with Gasteiger partial charge in [-0.25, -0.2) is 0 Å². The lowest BCUT2D eigenvalue weighted by Gasteiger charge is -2.15. The van der Waals surface area contributed by atoms with Crippen LogP contribution in [-0.4, -0.2) is 7.05 Å². The zero-order chi connectivity index (χ0) is 12.6. The molecule has 1 fully saturated rings. The molecule has 0 radical (unpaired) electrons. The molecule has 0 atom stereocenters. The van der Waals surface area contributed by atoms with Crippen molar-refractivity contribution in [1.29, 1.82) is 0 Å². The summed E-state index contributed by atoms with van der Waals surface area (Å²) in [6.45, 7) is 2.14. The average Bonchev–Trinajstić information content (AvgIpc) is 3.20. The molecule has 0 saturated heterocycles. The van der Waals surface area contributed by atoms with Gasteiger partial charge >= 0.3 is 0 Å². The Bertz CT molecular complexity index is 573. The van der Waals surface area contributed by atoms with Gasteiger partial charge in [-0.15, -0.1) is 12.4 Å². The molecule has 0 amide bonds. The number of halogens is 1. The van der Waals surface area contributed by atoms with Crippen LogP contribution >= 0.6 is 12.4 Å². The van der Waals surface area contributed by atoms with Gasteiger partial charge in [0.05, 0.1) is 0 Å². The summed E-state index contributed by atoms with van der Waals surface area (Å²) in [6.07, 6.45) is 2.50. The first-order valence-electron chi connectivity index (χ1n) is 6.60. The van der Waals surface area contributed by atoms with Crippen molar-refractivity contribution in [1.82, 2.24) is 5.32 Å². The molecule has 0 aliphatic heterocycles. The van der Waals surface area contributed by atoms with Crippen LogP contribution in [0.4, 0.5) is 0 Å². The van der Waals surface area contributed by atoms with Crippen LogP contribution < -0.4 is 5.32 Å². The van der Waals surface area contributed by atoms with Crippen molar-refractivity contribution in [2.24, 2.45) is 0 Å². The highest BCUT2D eigenvalue weighted by atomic mass is 35.5. The standard InChI is InChI=1S/C17H19N.ClH/c1-13-5-3-6-14(11-13)15-7-4-8-16(12-15)17(18-2)9-10-17;/h3-8,11-12,18H,9-10H2,1-2H3;1H. The Balaban J connectivity index is 0.00000133. The van der Waals surface area contributed by atoms with Gasteiger partial charge in [-0.05, 0) is 49.6 Å². The number of nitrogens with one attached hydrogen (secondary N) is 1. The zero-order valence-corrected chi connectivity index (χ0v) is 12.3. The summed E-state index contributed by atoms with van der Waals surface area (Å²) in [5.41, 5.74) is 5.61. The van der Waals surface area contributed by atoms with Crippen LogP contribution in [0, 0.1) is 6.92 Å². The number of aryl methyl sites for hydroxylation is 1. The Kier molecular flexibility index (Phi) is 3.98. The quantitative estimate of drug-likeness (QED) is 0.880. The maximum Gasteiger partial charge on any atom is 0.0434 e. The Morgan fingerprint density at radius 3 is 2.16 bits per heavy atom. The molecule has 0 heterocycles. The van der Waals surface area contributed by atoms with E-state index in [4.69, 9.17) is 0 Å². The second-order valence-corrected chi connectivity index (χ2v) is 5.28. The highest BCUT2D eigenvalue weighted by Gasteiger charge is 2.42. The van der Waals surface area contributed by atoms with Crippen LogP contribution in [-0.2, 0) is 5.54 Å². The zero-order valence-electron chi connectivity index (χ0n) is 11.4. The highest BCUT2D eigenvalue weighted by molar-refractivity contribution is 5.85. The van der Waals surface area contributed by atoms with Crippen LogP contribution in [0.3, 0.4) is 0 Å². The minimum Gasteiger partial charge on any atom is -0.310 e. The van der Waals surface area contributed by atoms with E-state index < -0.39 is 0 Å². The fraction of sp³-hybridized carbons (Fsp3) is 0.294. The van der Waals surface area contributed by atoms with E-state index in [-0.39, 0.29) is 17.9 Å². The molecule has 2 heteroatoms. The predicted molar refractivity (Wildman–Crippen MR) is 83.8 cm³/mol. The van der Waals surface area contributed by atoms with Gasteiger partial charge in [0.1, 0.15) is 0 Å². The summed E-state index contributed by atoms with van der Waals surface area (Å²) in [4.78, 5) is 0. The van der Waals surface area contributed by atoms with Crippen molar-refractivity contribution in [3.63, 3.8) is 0 Å². The van der Waals surface area contributed by atoms with E-state index in [1.165, 1.54) is 35.1 Å². The number of rotatable bonds is 3. The fourth-order valence-corrected chi connectivity index (χ4v) is 2.63. The molecule has 2 aromatic rings. The number of hydrogen-bond donors (Lipinski definition) is 1. The van der Waals surface area contributed by atoms with Crippen LogP contribution in [0.15, 0.2) is 48.5 Å². The molecule has 0 bridgehead atoms. The van der Waals surface area contributed by atoms with Crippen molar-refractivity contribution in [3.8, 4) is 11.1 Å². The molecule has 1 aliphatic rings. The van der Waals surface area contributed by atoms with Crippen molar-refractivity contribution in [2.45, 2.75) is 25.3 Å². The molecule has 100 valence electrons. The molecule has 1 saturated carbocycles. The highest BCUT2D eigenvalue weighted by Crippen LogP contribution is 2.45. The molecular formula is C17H20ClN. The summed E-state index contributed by atoms with van der Waals surface area (Å²) in [5, 5.41) is 3.46. The second kappa shape index (κ2) is 5.36. The van der Waals surface area contributed by atoms with Gasteiger partial charge in [-0.1, -0.05) is 48.0 Å². The third-order valence-electron chi connectivity index (χ3n) is 4.00. The van der Waals surface area contributed by atoms with Crippen LogP contribution in [0.5, 0.6) is 0 Å². The monoisotopic (exact) mass is 273 g/mol.